The number of hydrogen-bond donors (Lipinski definition) is 3. The largest absolute Gasteiger partial charge is 0.411 e. The molecule has 0 aliphatic carbocycles. The first kappa shape index (κ1) is 17.0. The number of likely N-dealkylation sites (N-methyl/N-ethyl adjacent to an activating group) is 1. The zero-order valence-electron chi connectivity index (χ0n) is 12.1. The maximum atomic E-state index is 9.86. The van der Waals surface area contributed by atoms with Gasteiger partial charge in [0, 0.05) is 39.3 Å². The quantitative estimate of drug-likeness (QED) is 0.396. The molecule has 1 aliphatic rings. The molecule has 0 amide bonds. The number of β-amino-alcohol motifs (C(OH)–C–C–N with tert-alkyl or cyclic N) is 1. The standard InChI is InChI=1S/C12H28N2O4Si/c1-13-4-6-14(7-5-13)10-12(15)11-18-8-3-9-19(2,16)17/h12,15-17H,3-11H2,1-2H3. The van der Waals surface area contributed by atoms with Gasteiger partial charge in [-0.25, -0.2) is 0 Å². The van der Waals surface area contributed by atoms with Gasteiger partial charge in [0.15, 0.2) is 0 Å². The van der Waals surface area contributed by atoms with E-state index < -0.39 is 14.7 Å². The highest BCUT2D eigenvalue weighted by Gasteiger charge is 2.20. The lowest BCUT2D eigenvalue weighted by atomic mass is 10.3. The summed E-state index contributed by atoms with van der Waals surface area (Å²) in [5, 5.41) is 9.86. The molecule has 1 rings (SSSR count). The molecule has 7 heteroatoms. The predicted molar refractivity (Wildman–Crippen MR) is 76.2 cm³/mol. The molecule has 1 aliphatic heterocycles. The zero-order chi connectivity index (χ0) is 14.3. The van der Waals surface area contributed by atoms with Gasteiger partial charge in [0.1, 0.15) is 0 Å². The average Bonchev–Trinajstić information content (AvgIpc) is 2.30. The van der Waals surface area contributed by atoms with Gasteiger partial charge in [-0.05, 0) is 26.1 Å². The fraction of sp³-hybridized carbons (Fsp3) is 1.00. The Hall–Kier alpha value is -0.0231. The molecule has 6 nitrogen and oxygen atoms in total. The lowest BCUT2D eigenvalue weighted by Gasteiger charge is -2.33. The third-order valence-electron chi connectivity index (χ3n) is 3.31. The van der Waals surface area contributed by atoms with Crippen molar-refractivity contribution in [2.45, 2.75) is 25.1 Å². The maximum Gasteiger partial charge on any atom is 0.329 e. The Labute approximate surface area is 116 Å². The van der Waals surface area contributed by atoms with Gasteiger partial charge in [0.25, 0.3) is 0 Å². The molecular weight excluding hydrogens is 264 g/mol. The Morgan fingerprint density at radius 1 is 1.21 bits per heavy atom. The summed E-state index contributed by atoms with van der Waals surface area (Å²) in [6, 6.07) is 0.418. The van der Waals surface area contributed by atoms with Crippen molar-refractivity contribution in [1.29, 1.82) is 0 Å². The lowest BCUT2D eigenvalue weighted by Crippen LogP contribution is -2.47. The molecule has 0 bridgehead atoms. The number of ether oxygens (including phenoxy) is 1. The number of rotatable bonds is 8. The summed E-state index contributed by atoms with van der Waals surface area (Å²) in [6.45, 7) is 7.02. The van der Waals surface area contributed by atoms with Gasteiger partial charge in [0.05, 0.1) is 12.7 Å². The number of hydrogen-bond acceptors (Lipinski definition) is 6. The number of piperazine rings is 1. The number of aliphatic hydroxyl groups is 1. The average molecular weight is 292 g/mol. The maximum absolute atomic E-state index is 9.86. The van der Waals surface area contributed by atoms with E-state index in [0.717, 1.165) is 26.2 Å². The molecule has 1 heterocycles. The molecule has 0 aromatic carbocycles. The van der Waals surface area contributed by atoms with Crippen LogP contribution in [-0.2, 0) is 4.74 Å². The molecule has 1 saturated heterocycles. The first-order valence-electron chi connectivity index (χ1n) is 6.98. The van der Waals surface area contributed by atoms with Crippen molar-refractivity contribution in [2.75, 3.05) is 53.0 Å². The number of aliphatic hydroxyl groups excluding tert-OH is 1. The molecule has 0 aromatic heterocycles. The van der Waals surface area contributed by atoms with Crippen LogP contribution in [0.5, 0.6) is 0 Å². The molecule has 0 saturated carbocycles. The van der Waals surface area contributed by atoms with Crippen LogP contribution in [0.4, 0.5) is 0 Å². The van der Waals surface area contributed by atoms with Crippen LogP contribution in [0.3, 0.4) is 0 Å². The van der Waals surface area contributed by atoms with Gasteiger partial charge in [-0.2, -0.15) is 0 Å². The van der Waals surface area contributed by atoms with Crippen molar-refractivity contribution in [1.82, 2.24) is 9.80 Å². The Balaban J connectivity index is 2.00. The molecule has 1 fully saturated rings. The summed E-state index contributed by atoms with van der Waals surface area (Å²) in [6.07, 6.45) is 0.173. The lowest BCUT2D eigenvalue weighted by molar-refractivity contribution is 0.00884. The molecule has 114 valence electrons. The fourth-order valence-electron chi connectivity index (χ4n) is 2.11. The summed E-state index contributed by atoms with van der Waals surface area (Å²) >= 11 is 0. The third kappa shape index (κ3) is 8.69. The highest BCUT2D eigenvalue weighted by Crippen LogP contribution is 2.05. The Bertz CT molecular complexity index is 242. The van der Waals surface area contributed by atoms with Crippen molar-refractivity contribution in [3.63, 3.8) is 0 Å². The normalized spacial score (nSPS) is 20.7. The van der Waals surface area contributed by atoms with Crippen LogP contribution in [0.1, 0.15) is 6.42 Å². The SMILES string of the molecule is CN1CCN(CC(O)COCCC[Si](C)(O)O)CC1. The van der Waals surface area contributed by atoms with Gasteiger partial charge >= 0.3 is 8.56 Å². The zero-order valence-corrected chi connectivity index (χ0v) is 13.1. The van der Waals surface area contributed by atoms with E-state index in [9.17, 15) is 14.7 Å². The van der Waals surface area contributed by atoms with Crippen LogP contribution in [-0.4, -0.2) is 92.1 Å². The van der Waals surface area contributed by atoms with Gasteiger partial charge in [-0.3, -0.25) is 4.90 Å². The highest BCUT2D eigenvalue weighted by atomic mass is 28.4. The van der Waals surface area contributed by atoms with Crippen LogP contribution in [0.25, 0.3) is 0 Å². The van der Waals surface area contributed by atoms with Crippen molar-refractivity contribution in [3.05, 3.63) is 0 Å². The molecule has 1 atom stereocenters. The van der Waals surface area contributed by atoms with Gasteiger partial charge in [-0.1, -0.05) is 0 Å². The Morgan fingerprint density at radius 3 is 2.42 bits per heavy atom. The Kier molecular flexibility index (Phi) is 7.44. The van der Waals surface area contributed by atoms with E-state index in [1.165, 1.54) is 6.55 Å². The van der Waals surface area contributed by atoms with E-state index in [1.807, 2.05) is 0 Å². The van der Waals surface area contributed by atoms with E-state index in [-0.39, 0.29) is 0 Å². The first-order valence-corrected chi connectivity index (χ1v) is 9.58. The van der Waals surface area contributed by atoms with E-state index >= 15 is 0 Å². The molecule has 0 spiro atoms. The van der Waals surface area contributed by atoms with E-state index in [2.05, 4.69) is 16.8 Å². The molecule has 3 N–H and O–H groups in total. The second kappa shape index (κ2) is 8.31. The van der Waals surface area contributed by atoms with Crippen LogP contribution in [0.15, 0.2) is 0 Å². The van der Waals surface area contributed by atoms with E-state index in [0.29, 0.717) is 32.2 Å². The second-order valence-electron chi connectivity index (χ2n) is 5.65. The summed E-state index contributed by atoms with van der Waals surface area (Å²) in [4.78, 5) is 23.0. The minimum absolute atomic E-state index is 0.321. The summed E-state index contributed by atoms with van der Waals surface area (Å²) in [5.74, 6) is 0. The van der Waals surface area contributed by atoms with E-state index in [4.69, 9.17) is 4.74 Å². The first-order chi connectivity index (χ1) is 8.87. The van der Waals surface area contributed by atoms with Crippen LogP contribution in [0.2, 0.25) is 12.6 Å². The molecule has 0 radical (unpaired) electrons. The molecular formula is C12H28N2O4Si. The minimum Gasteiger partial charge on any atom is -0.411 e. The fourth-order valence-corrected chi connectivity index (χ4v) is 2.92. The smallest absolute Gasteiger partial charge is 0.329 e. The summed E-state index contributed by atoms with van der Waals surface area (Å²) < 4.78 is 5.37. The molecule has 0 aromatic rings. The Morgan fingerprint density at radius 2 is 1.84 bits per heavy atom. The van der Waals surface area contributed by atoms with Crippen LogP contribution >= 0.6 is 0 Å². The topological polar surface area (TPSA) is 76.4 Å². The van der Waals surface area contributed by atoms with Crippen molar-refractivity contribution >= 4 is 8.56 Å². The minimum atomic E-state index is -2.93. The molecule has 1 unspecified atom stereocenters. The predicted octanol–water partition coefficient (Wildman–Crippen LogP) is -0.942. The summed E-state index contributed by atoms with van der Waals surface area (Å²) in [7, 11) is -0.824. The van der Waals surface area contributed by atoms with Crippen LogP contribution < -0.4 is 0 Å². The van der Waals surface area contributed by atoms with Gasteiger partial charge < -0.3 is 24.3 Å². The van der Waals surface area contributed by atoms with Crippen molar-refractivity contribution < 1.29 is 19.4 Å². The number of nitrogens with zero attached hydrogens (tertiary/aromatic N) is 2. The van der Waals surface area contributed by atoms with Crippen LogP contribution in [0, 0.1) is 0 Å². The monoisotopic (exact) mass is 292 g/mol. The van der Waals surface area contributed by atoms with Gasteiger partial charge in [0.2, 0.25) is 0 Å². The van der Waals surface area contributed by atoms with Crippen molar-refractivity contribution in [3.8, 4) is 0 Å². The van der Waals surface area contributed by atoms with E-state index in [1.54, 1.807) is 0 Å². The highest BCUT2D eigenvalue weighted by molar-refractivity contribution is 6.63. The molecule has 19 heavy (non-hydrogen) atoms. The third-order valence-corrected chi connectivity index (χ3v) is 4.61. The summed E-state index contributed by atoms with van der Waals surface area (Å²) in [5.41, 5.74) is 0. The van der Waals surface area contributed by atoms with Gasteiger partial charge in [-0.15, -0.1) is 0 Å². The van der Waals surface area contributed by atoms with Crippen molar-refractivity contribution in [2.24, 2.45) is 0 Å². The second-order valence-corrected chi connectivity index (χ2v) is 8.59.